The van der Waals surface area contributed by atoms with Gasteiger partial charge >= 0.3 is 0 Å². The molecule has 1 saturated heterocycles. The van der Waals surface area contributed by atoms with Gasteiger partial charge in [0.15, 0.2) is 0 Å². The highest BCUT2D eigenvalue weighted by molar-refractivity contribution is 7.91. The molecule has 4 nitrogen and oxygen atoms in total. The maximum absolute atomic E-state index is 11.5. The SMILES string of the molecule is CS(=O)(=O)C1CCCC(OCC2CCCN2)C1. The summed E-state index contributed by atoms with van der Waals surface area (Å²) in [6.07, 6.45) is 7.38. The van der Waals surface area contributed by atoms with Crippen molar-refractivity contribution in [3.8, 4) is 0 Å². The second-order valence-corrected chi connectivity index (χ2v) is 7.69. The van der Waals surface area contributed by atoms with Gasteiger partial charge < -0.3 is 10.1 Å². The molecular formula is C12H23NO3S. The van der Waals surface area contributed by atoms with E-state index in [1.165, 1.54) is 19.1 Å². The molecule has 0 radical (unpaired) electrons. The summed E-state index contributed by atoms with van der Waals surface area (Å²) in [5, 5.41) is 3.21. The first kappa shape index (κ1) is 13.3. The minimum absolute atomic E-state index is 0.144. The van der Waals surface area contributed by atoms with Crippen LogP contribution in [0.15, 0.2) is 0 Å². The van der Waals surface area contributed by atoms with Crippen molar-refractivity contribution in [2.75, 3.05) is 19.4 Å². The molecule has 17 heavy (non-hydrogen) atoms. The van der Waals surface area contributed by atoms with Gasteiger partial charge in [-0.15, -0.1) is 0 Å². The van der Waals surface area contributed by atoms with Gasteiger partial charge in [-0.1, -0.05) is 0 Å². The van der Waals surface area contributed by atoms with E-state index in [-0.39, 0.29) is 11.4 Å². The van der Waals surface area contributed by atoms with Crippen LogP contribution < -0.4 is 5.32 Å². The molecule has 5 heteroatoms. The summed E-state index contributed by atoms with van der Waals surface area (Å²) in [5.74, 6) is 0. The molecule has 0 aromatic rings. The van der Waals surface area contributed by atoms with Crippen LogP contribution in [-0.2, 0) is 14.6 Å². The minimum Gasteiger partial charge on any atom is -0.377 e. The van der Waals surface area contributed by atoms with Crippen LogP contribution in [0.2, 0.25) is 0 Å². The summed E-state index contributed by atoms with van der Waals surface area (Å²) in [6.45, 7) is 1.83. The highest BCUT2D eigenvalue weighted by Gasteiger charge is 2.29. The van der Waals surface area contributed by atoms with Gasteiger partial charge in [-0.2, -0.15) is 0 Å². The van der Waals surface area contributed by atoms with Crippen molar-refractivity contribution in [1.82, 2.24) is 5.32 Å². The lowest BCUT2D eigenvalue weighted by Crippen LogP contribution is -2.35. The molecule has 3 atom stereocenters. The smallest absolute Gasteiger partial charge is 0.150 e. The van der Waals surface area contributed by atoms with Crippen LogP contribution in [0, 0.1) is 0 Å². The van der Waals surface area contributed by atoms with Crippen molar-refractivity contribution >= 4 is 9.84 Å². The normalized spacial score (nSPS) is 35.0. The maximum Gasteiger partial charge on any atom is 0.150 e. The average molecular weight is 261 g/mol. The molecule has 1 N–H and O–H groups in total. The van der Waals surface area contributed by atoms with Crippen LogP contribution in [0.25, 0.3) is 0 Å². The molecule has 3 unspecified atom stereocenters. The first-order valence-electron chi connectivity index (χ1n) is 6.59. The third-order valence-electron chi connectivity index (χ3n) is 3.88. The molecule has 2 fully saturated rings. The number of sulfone groups is 1. The van der Waals surface area contributed by atoms with E-state index in [2.05, 4.69) is 5.32 Å². The predicted octanol–water partition coefficient (Wildman–Crippen LogP) is 1.11. The number of ether oxygens (including phenoxy) is 1. The predicted molar refractivity (Wildman–Crippen MR) is 67.9 cm³/mol. The highest BCUT2D eigenvalue weighted by atomic mass is 32.2. The average Bonchev–Trinajstić information content (AvgIpc) is 2.78. The zero-order chi connectivity index (χ0) is 12.3. The summed E-state index contributed by atoms with van der Waals surface area (Å²) < 4.78 is 28.9. The third-order valence-corrected chi connectivity index (χ3v) is 5.52. The molecule has 0 bridgehead atoms. The van der Waals surface area contributed by atoms with Crippen LogP contribution in [0.5, 0.6) is 0 Å². The summed E-state index contributed by atoms with van der Waals surface area (Å²) in [6, 6.07) is 0.480. The lowest BCUT2D eigenvalue weighted by molar-refractivity contribution is 0.0193. The zero-order valence-electron chi connectivity index (χ0n) is 10.5. The van der Waals surface area contributed by atoms with Crippen molar-refractivity contribution in [1.29, 1.82) is 0 Å². The van der Waals surface area contributed by atoms with Gasteiger partial charge in [0.25, 0.3) is 0 Å². The van der Waals surface area contributed by atoms with Crippen LogP contribution in [0.3, 0.4) is 0 Å². The molecule has 1 aliphatic carbocycles. The fourth-order valence-corrected chi connectivity index (χ4v) is 3.95. The Morgan fingerprint density at radius 1 is 1.24 bits per heavy atom. The second-order valence-electron chi connectivity index (χ2n) is 5.37. The van der Waals surface area contributed by atoms with E-state index in [0.29, 0.717) is 12.5 Å². The summed E-state index contributed by atoms with van der Waals surface area (Å²) in [5.41, 5.74) is 0. The molecule has 0 aromatic carbocycles. The van der Waals surface area contributed by atoms with E-state index in [1.807, 2.05) is 0 Å². The number of rotatable bonds is 4. The first-order chi connectivity index (χ1) is 8.05. The molecule has 1 heterocycles. The fraction of sp³-hybridized carbons (Fsp3) is 1.00. The Bertz CT molecular complexity index is 336. The topological polar surface area (TPSA) is 55.4 Å². The molecule has 0 spiro atoms. The Morgan fingerprint density at radius 2 is 2.06 bits per heavy atom. The van der Waals surface area contributed by atoms with Crippen LogP contribution in [0.1, 0.15) is 38.5 Å². The minimum atomic E-state index is -2.89. The van der Waals surface area contributed by atoms with Crippen LogP contribution in [0.4, 0.5) is 0 Å². The van der Waals surface area contributed by atoms with Gasteiger partial charge in [0.05, 0.1) is 18.0 Å². The van der Waals surface area contributed by atoms with Crippen molar-refractivity contribution in [2.45, 2.75) is 55.9 Å². The van der Waals surface area contributed by atoms with E-state index >= 15 is 0 Å². The van der Waals surface area contributed by atoms with Crippen LogP contribution in [-0.4, -0.2) is 45.2 Å². The maximum atomic E-state index is 11.5. The molecule has 100 valence electrons. The lowest BCUT2D eigenvalue weighted by atomic mass is 9.97. The number of hydrogen-bond acceptors (Lipinski definition) is 4. The Balaban J connectivity index is 1.77. The van der Waals surface area contributed by atoms with E-state index < -0.39 is 9.84 Å². The molecule has 1 aliphatic heterocycles. The van der Waals surface area contributed by atoms with E-state index in [9.17, 15) is 8.42 Å². The molecule has 0 aromatic heterocycles. The Labute approximate surface area is 104 Å². The molecule has 2 aliphatic rings. The lowest BCUT2D eigenvalue weighted by Gasteiger charge is -2.28. The largest absolute Gasteiger partial charge is 0.377 e. The van der Waals surface area contributed by atoms with Gasteiger partial charge in [0.1, 0.15) is 9.84 Å². The number of hydrogen-bond donors (Lipinski definition) is 1. The van der Waals surface area contributed by atoms with Crippen molar-refractivity contribution in [3.63, 3.8) is 0 Å². The third kappa shape index (κ3) is 3.93. The molecular weight excluding hydrogens is 238 g/mol. The van der Waals surface area contributed by atoms with Gasteiger partial charge in [0.2, 0.25) is 0 Å². The highest BCUT2D eigenvalue weighted by Crippen LogP contribution is 2.26. The Kier molecular flexibility index (Phi) is 4.44. The zero-order valence-corrected chi connectivity index (χ0v) is 11.3. The number of nitrogens with one attached hydrogen (secondary N) is 1. The fourth-order valence-electron chi connectivity index (χ4n) is 2.79. The van der Waals surface area contributed by atoms with Crippen molar-refractivity contribution < 1.29 is 13.2 Å². The molecule has 0 amide bonds. The van der Waals surface area contributed by atoms with Gasteiger partial charge in [-0.05, 0) is 45.1 Å². The Hall–Kier alpha value is -0.130. The first-order valence-corrected chi connectivity index (χ1v) is 8.55. The molecule has 2 rings (SSSR count). The second kappa shape index (κ2) is 5.67. The summed E-state index contributed by atoms with van der Waals surface area (Å²) >= 11 is 0. The van der Waals surface area contributed by atoms with Crippen molar-refractivity contribution in [3.05, 3.63) is 0 Å². The Morgan fingerprint density at radius 3 is 2.71 bits per heavy atom. The van der Waals surface area contributed by atoms with E-state index in [0.717, 1.165) is 32.4 Å². The van der Waals surface area contributed by atoms with Gasteiger partial charge in [-0.25, -0.2) is 8.42 Å². The standard InChI is InChI=1S/C12H23NO3S/c1-17(14,15)12-6-2-5-11(8-12)16-9-10-4-3-7-13-10/h10-13H,2-9H2,1H3. The van der Waals surface area contributed by atoms with Crippen molar-refractivity contribution in [2.24, 2.45) is 0 Å². The molecule has 1 saturated carbocycles. The van der Waals surface area contributed by atoms with E-state index in [1.54, 1.807) is 0 Å². The quantitative estimate of drug-likeness (QED) is 0.823. The van der Waals surface area contributed by atoms with Gasteiger partial charge in [0, 0.05) is 12.3 Å². The summed E-state index contributed by atoms with van der Waals surface area (Å²) in [7, 11) is -2.89. The van der Waals surface area contributed by atoms with E-state index in [4.69, 9.17) is 4.74 Å². The van der Waals surface area contributed by atoms with Crippen LogP contribution >= 0.6 is 0 Å². The monoisotopic (exact) mass is 261 g/mol. The van der Waals surface area contributed by atoms with Gasteiger partial charge in [-0.3, -0.25) is 0 Å². The summed E-state index contributed by atoms with van der Waals surface area (Å²) in [4.78, 5) is 0.